The average molecular weight is 635 g/mol. The van der Waals surface area contributed by atoms with Gasteiger partial charge in [-0.25, -0.2) is 0 Å². The van der Waals surface area contributed by atoms with Crippen LogP contribution in [0.3, 0.4) is 0 Å². The van der Waals surface area contributed by atoms with Gasteiger partial charge in [0.05, 0.1) is 29.2 Å². The van der Waals surface area contributed by atoms with E-state index in [4.69, 9.17) is 0 Å². The van der Waals surface area contributed by atoms with Crippen LogP contribution >= 0.6 is 27.7 Å². The Morgan fingerprint density at radius 1 is 0.902 bits per heavy atom. The molecule has 3 aromatic rings. The van der Waals surface area contributed by atoms with Crippen LogP contribution < -0.4 is 10.6 Å². The summed E-state index contributed by atoms with van der Waals surface area (Å²) >= 11 is 5.40. The van der Waals surface area contributed by atoms with Crippen molar-refractivity contribution in [1.82, 2.24) is 15.5 Å². The van der Waals surface area contributed by atoms with Crippen LogP contribution in [0.15, 0.2) is 91.0 Å². The second-order valence-corrected chi connectivity index (χ2v) is 13.6. The van der Waals surface area contributed by atoms with Crippen molar-refractivity contribution >= 4 is 45.4 Å². The first kappa shape index (κ1) is 28.0. The van der Waals surface area contributed by atoms with Gasteiger partial charge in [0.2, 0.25) is 17.7 Å². The summed E-state index contributed by atoms with van der Waals surface area (Å²) in [4.78, 5) is 43.9. The first-order valence-corrected chi connectivity index (χ1v) is 15.7. The van der Waals surface area contributed by atoms with Crippen LogP contribution in [0.2, 0.25) is 0 Å². The molecule has 2 bridgehead atoms. The first-order chi connectivity index (χ1) is 19.9. The highest BCUT2D eigenvalue weighted by atomic mass is 79.9. The number of rotatable bonds is 9. The highest BCUT2D eigenvalue weighted by molar-refractivity contribution is 9.09. The van der Waals surface area contributed by atoms with Crippen LogP contribution in [0.4, 0.5) is 0 Å². The lowest BCUT2D eigenvalue weighted by Crippen LogP contribution is -2.55. The minimum atomic E-state index is -0.844. The van der Waals surface area contributed by atoms with Gasteiger partial charge >= 0.3 is 0 Å². The molecule has 7 nitrogen and oxygen atoms in total. The van der Waals surface area contributed by atoms with Crippen LogP contribution in [0.1, 0.15) is 29.2 Å². The molecule has 3 aromatic carbocycles. The molecule has 3 heterocycles. The zero-order valence-electron chi connectivity index (χ0n) is 22.4. The molecule has 3 fully saturated rings. The summed E-state index contributed by atoms with van der Waals surface area (Å²) in [7, 11) is 0. The number of likely N-dealkylation sites (tertiary alicyclic amines) is 1. The number of nitrogens with one attached hydrogen (secondary N) is 2. The SMILES string of the molecule is O=C(NCc1ccccc1)C1N([C@H](CO)c2ccccc2)C(=O)[C@@H]2[C@@H](C(=O)NCc3ccccc3)[C@@H]3SC12CC3Br. The molecule has 3 aliphatic heterocycles. The van der Waals surface area contributed by atoms with Gasteiger partial charge in [-0.1, -0.05) is 107 Å². The lowest BCUT2D eigenvalue weighted by atomic mass is 9.70. The predicted molar refractivity (Wildman–Crippen MR) is 162 cm³/mol. The summed E-state index contributed by atoms with van der Waals surface area (Å²) in [5, 5.41) is 16.6. The molecule has 0 aliphatic carbocycles. The predicted octanol–water partition coefficient (Wildman–Crippen LogP) is 3.82. The van der Waals surface area contributed by atoms with Crippen molar-refractivity contribution < 1.29 is 19.5 Å². The highest BCUT2D eigenvalue weighted by Crippen LogP contribution is 2.68. The smallest absolute Gasteiger partial charge is 0.244 e. The third kappa shape index (κ3) is 4.98. The van der Waals surface area contributed by atoms with Gasteiger partial charge in [0.15, 0.2) is 0 Å². The van der Waals surface area contributed by atoms with Gasteiger partial charge in [0, 0.05) is 23.2 Å². The van der Waals surface area contributed by atoms with Crippen molar-refractivity contribution in [1.29, 1.82) is 0 Å². The van der Waals surface area contributed by atoms with Gasteiger partial charge in [-0.3, -0.25) is 14.4 Å². The van der Waals surface area contributed by atoms with E-state index < -0.39 is 28.7 Å². The molecule has 3 unspecified atom stereocenters. The van der Waals surface area contributed by atoms with Gasteiger partial charge in [-0.2, -0.15) is 0 Å². The number of halogens is 1. The van der Waals surface area contributed by atoms with E-state index in [1.807, 2.05) is 91.0 Å². The standard InChI is InChI=1S/C32H32BrN3O4S/c33-23-16-32-26(25(27(23)41-32)29(38)34-17-20-10-4-1-5-11-20)31(40)36(24(19-37)22-14-8-3-9-15-22)28(32)30(39)35-18-21-12-6-2-7-13-21/h1-15,23-28,37H,16-19H2,(H,34,38)(H,35,39)/t23?,24-,25-,26+,27-,28?,32?/m1/s1. The number of hydrogen-bond acceptors (Lipinski definition) is 5. The van der Waals surface area contributed by atoms with Crippen molar-refractivity contribution in [3.05, 3.63) is 108 Å². The Labute approximate surface area is 252 Å². The van der Waals surface area contributed by atoms with Gasteiger partial charge in [0.1, 0.15) is 6.04 Å². The van der Waals surface area contributed by atoms with E-state index in [0.717, 1.165) is 16.7 Å². The van der Waals surface area contributed by atoms with Crippen LogP contribution in [0.5, 0.6) is 0 Å². The van der Waals surface area contributed by atoms with E-state index in [1.54, 1.807) is 16.7 Å². The number of thioether (sulfide) groups is 1. The number of hydrogen-bond donors (Lipinski definition) is 3. The molecule has 1 spiro atoms. The molecule has 3 saturated heterocycles. The van der Waals surface area contributed by atoms with Crippen LogP contribution in [-0.2, 0) is 27.5 Å². The van der Waals surface area contributed by atoms with E-state index in [0.29, 0.717) is 19.5 Å². The van der Waals surface area contributed by atoms with Gasteiger partial charge in [-0.15, -0.1) is 11.8 Å². The molecule has 3 aliphatic rings. The Morgan fingerprint density at radius 3 is 2.00 bits per heavy atom. The zero-order chi connectivity index (χ0) is 28.6. The largest absolute Gasteiger partial charge is 0.394 e. The number of aliphatic hydroxyl groups excluding tert-OH is 1. The summed E-state index contributed by atoms with van der Waals surface area (Å²) in [5.74, 6) is -1.97. The Bertz CT molecular complexity index is 1410. The van der Waals surface area contributed by atoms with Crippen molar-refractivity contribution in [2.75, 3.05) is 6.61 Å². The summed E-state index contributed by atoms with van der Waals surface area (Å²) in [6.07, 6.45) is 0.577. The lowest BCUT2D eigenvalue weighted by molar-refractivity contribution is -0.143. The second kappa shape index (κ2) is 11.6. The molecule has 9 heteroatoms. The van der Waals surface area contributed by atoms with Gasteiger partial charge in [0.25, 0.3) is 0 Å². The van der Waals surface area contributed by atoms with Gasteiger partial charge < -0.3 is 20.6 Å². The molecular weight excluding hydrogens is 602 g/mol. The number of carbonyl (C=O) groups is 3. The van der Waals surface area contributed by atoms with Gasteiger partial charge in [-0.05, 0) is 23.1 Å². The summed E-state index contributed by atoms with van der Waals surface area (Å²) in [6.45, 7) is 0.348. The molecule has 41 heavy (non-hydrogen) atoms. The molecule has 212 valence electrons. The van der Waals surface area contributed by atoms with Crippen molar-refractivity contribution in [2.24, 2.45) is 11.8 Å². The molecule has 3 N–H and O–H groups in total. The third-order valence-electron chi connectivity index (χ3n) is 8.59. The Kier molecular flexibility index (Phi) is 7.94. The fourth-order valence-corrected chi connectivity index (χ4v) is 10.4. The number of alkyl halides is 1. The Balaban J connectivity index is 1.35. The maximum absolute atomic E-state index is 14.5. The van der Waals surface area contributed by atoms with Crippen molar-refractivity contribution in [3.63, 3.8) is 0 Å². The lowest BCUT2D eigenvalue weighted by Gasteiger charge is -2.37. The molecule has 7 atom stereocenters. The first-order valence-electron chi connectivity index (χ1n) is 13.9. The Morgan fingerprint density at radius 2 is 1.44 bits per heavy atom. The molecule has 3 amide bonds. The number of amides is 3. The van der Waals surface area contributed by atoms with E-state index in [1.165, 1.54) is 0 Å². The quantitative estimate of drug-likeness (QED) is 0.311. The minimum Gasteiger partial charge on any atom is -0.394 e. The van der Waals surface area contributed by atoms with E-state index >= 15 is 0 Å². The third-order valence-corrected chi connectivity index (χ3v) is 11.8. The molecular formula is C32H32BrN3O4S. The average Bonchev–Trinajstić information content (AvgIpc) is 3.60. The fourth-order valence-electron chi connectivity index (χ4n) is 6.82. The van der Waals surface area contributed by atoms with Crippen LogP contribution in [0, 0.1) is 11.8 Å². The fraction of sp³-hybridized carbons (Fsp3) is 0.344. The minimum absolute atomic E-state index is 0.0299. The van der Waals surface area contributed by atoms with E-state index in [2.05, 4.69) is 26.6 Å². The molecule has 6 rings (SSSR count). The number of carbonyl (C=O) groups excluding carboxylic acids is 3. The Hall–Kier alpha value is -3.14. The highest BCUT2D eigenvalue weighted by Gasteiger charge is 2.76. The monoisotopic (exact) mass is 633 g/mol. The van der Waals surface area contributed by atoms with Crippen LogP contribution in [0.25, 0.3) is 0 Å². The zero-order valence-corrected chi connectivity index (χ0v) is 24.8. The maximum atomic E-state index is 14.5. The second-order valence-electron chi connectivity index (χ2n) is 10.9. The summed E-state index contributed by atoms with van der Waals surface area (Å²) in [5.41, 5.74) is 2.68. The van der Waals surface area contributed by atoms with E-state index in [-0.39, 0.29) is 34.4 Å². The number of aliphatic hydroxyl groups is 1. The molecule has 0 aromatic heterocycles. The van der Waals surface area contributed by atoms with E-state index in [9.17, 15) is 19.5 Å². The summed E-state index contributed by atoms with van der Waals surface area (Å²) < 4.78 is -0.798. The molecule has 0 radical (unpaired) electrons. The van der Waals surface area contributed by atoms with Crippen molar-refractivity contribution in [3.8, 4) is 0 Å². The topological polar surface area (TPSA) is 98.7 Å². The number of nitrogens with zero attached hydrogens (tertiary/aromatic N) is 1. The van der Waals surface area contributed by atoms with Crippen LogP contribution in [-0.4, -0.2) is 55.2 Å². The van der Waals surface area contributed by atoms with Crippen molar-refractivity contribution in [2.45, 2.75) is 46.4 Å². The summed E-state index contributed by atoms with van der Waals surface area (Å²) in [6, 6.07) is 27.1. The molecule has 0 saturated carbocycles. The number of benzene rings is 3. The normalized spacial score (nSPS) is 28.8. The number of fused-ring (bicyclic) bond motifs is 1. The maximum Gasteiger partial charge on any atom is 0.244 e.